The van der Waals surface area contributed by atoms with Gasteiger partial charge in [0.05, 0.1) is 7.11 Å². The number of aliphatic imine (C=N–C) groups is 1. The maximum atomic E-state index is 12.1. The molecule has 3 atom stereocenters. The van der Waals surface area contributed by atoms with Gasteiger partial charge in [-0.1, -0.05) is 13.3 Å². The predicted octanol–water partition coefficient (Wildman–Crippen LogP) is 2.45. The summed E-state index contributed by atoms with van der Waals surface area (Å²) in [7, 11) is 2.67. The van der Waals surface area contributed by atoms with E-state index in [9.17, 15) is 4.21 Å². The number of ether oxygens (including phenoxy) is 1. The number of methoxy groups -OCH3 is 1. The molecule has 25 heavy (non-hydrogen) atoms. The van der Waals surface area contributed by atoms with Gasteiger partial charge in [0.15, 0.2) is 5.96 Å². The maximum Gasteiger partial charge on any atom is 0.213 e. The van der Waals surface area contributed by atoms with Crippen LogP contribution in [0.4, 0.5) is 0 Å². The molecular formula is C17H29IN4O2S. The van der Waals surface area contributed by atoms with Crippen molar-refractivity contribution in [1.29, 1.82) is 0 Å². The Morgan fingerprint density at radius 1 is 1.48 bits per heavy atom. The van der Waals surface area contributed by atoms with Gasteiger partial charge in [-0.3, -0.25) is 9.20 Å². The number of hydrogen-bond acceptors (Lipinski definition) is 4. The Morgan fingerprint density at radius 2 is 2.28 bits per heavy atom. The van der Waals surface area contributed by atoms with E-state index >= 15 is 0 Å². The van der Waals surface area contributed by atoms with Crippen LogP contribution in [0, 0.1) is 0 Å². The van der Waals surface area contributed by atoms with E-state index in [2.05, 4.69) is 20.6 Å². The number of nitrogens with zero attached hydrogens (tertiary/aromatic N) is 2. The van der Waals surface area contributed by atoms with E-state index in [0.29, 0.717) is 23.7 Å². The number of pyridine rings is 1. The summed E-state index contributed by atoms with van der Waals surface area (Å²) in [6, 6.07) is 4.18. The van der Waals surface area contributed by atoms with Crippen molar-refractivity contribution in [2.75, 3.05) is 19.9 Å². The van der Waals surface area contributed by atoms with Gasteiger partial charge in [-0.15, -0.1) is 24.0 Å². The fraction of sp³-hybridized carbons (Fsp3) is 0.647. The molecule has 0 saturated heterocycles. The van der Waals surface area contributed by atoms with Gasteiger partial charge >= 0.3 is 0 Å². The first kappa shape index (κ1) is 22.1. The largest absolute Gasteiger partial charge is 0.481 e. The van der Waals surface area contributed by atoms with Crippen molar-refractivity contribution >= 4 is 40.7 Å². The predicted molar refractivity (Wildman–Crippen MR) is 114 cm³/mol. The molecule has 1 aliphatic carbocycles. The van der Waals surface area contributed by atoms with Gasteiger partial charge in [0.1, 0.15) is 0 Å². The number of nitrogens with one attached hydrogen (secondary N) is 2. The van der Waals surface area contributed by atoms with Crippen LogP contribution in [-0.4, -0.2) is 46.4 Å². The zero-order valence-electron chi connectivity index (χ0n) is 15.2. The van der Waals surface area contributed by atoms with Gasteiger partial charge in [-0.25, -0.2) is 4.98 Å². The average molecular weight is 480 g/mol. The van der Waals surface area contributed by atoms with Crippen LogP contribution >= 0.6 is 24.0 Å². The summed E-state index contributed by atoms with van der Waals surface area (Å²) >= 11 is 0. The summed E-state index contributed by atoms with van der Waals surface area (Å²) in [5, 5.41) is 7.10. The summed E-state index contributed by atoms with van der Waals surface area (Å²) in [6.07, 6.45) is 5.97. The summed E-state index contributed by atoms with van der Waals surface area (Å²) in [6.45, 7) is 2.65. The molecule has 2 N–H and O–H groups in total. The fourth-order valence-corrected chi connectivity index (χ4v) is 4.34. The smallest absolute Gasteiger partial charge is 0.213 e. The molecule has 1 aliphatic rings. The number of aromatic nitrogens is 1. The second-order valence-corrected chi connectivity index (χ2v) is 7.94. The molecule has 1 heterocycles. The minimum Gasteiger partial charge on any atom is -0.481 e. The van der Waals surface area contributed by atoms with Crippen molar-refractivity contribution in [3.8, 4) is 5.88 Å². The molecule has 0 amide bonds. The lowest BCUT2D eigenvalue weighted by Gasteiger charge is -2.30. The highest BCUT2D eigenvalue weighted by Crippen LogP contribution is 2.23. The van der Waals surface area contributed by atoms with Crippen molar-refractivity contribution in [2.24, 2.45) is 4.99 Å². The SMILES string of the molecule is CCS(=O)C1CCCC(NC(=NC)NCc2ccnc(OC)c2)C1.I. The third-order valence-corrected chi connectivity index (χ3v) is 6.06. The van der Waals surface area contributed by atoms with Gasteiger partial charge < -0.3 is 15.4 Å². The first-order chi connectivity index (χ1) is 11.7. The van der Waals surface area contributed by atoms with E-state index in [4.69, 9.17) is 4.74 Å². The van der Waals surface area contributed by atoms with Crippen LogP contribution in [0.3, 0.4) is 0 Å². The zero-order chi connectivity index (χ0) is 17.4. The topological polar surface area (TPSA) is 75.6 Å². The second-order valence-electron chi connectivity index (χ2n) is 5.93. The quantitative estimate of drug-likeness (QED) is 0.372. The van der Waals surface area contributed by atoms with Crippen LogP contribution in [-0.2, 0) is 17.3 Å². The number of guanidine groups is 1. The first-order valence-corrected chi connectivity index (χ1v) is 9.87. The fourth-order valence-electron chi connectivity index (χ4n) is 3.00. The summed E-state index contributed by atoms with van der Waals surface area (Å²) in [4.78, 5) is 8.41. The standard InChI is InChI=1S/C17H28N4O2S.HI/c1-4-24(22)15-7-5-6-14(11-15)21-17(18-2)20-12-13-8-9-19-16(10-13)23-3;/h8-10,14-15H,4-7,11-12H2,1-3H3,(H2,18,20,21);1H. The van der Waals surface area contributed by atoms with E-state index in [0.717, 1.165) is 43.0 Å². The van der Waals surface area contributed by atoms with Crippen LogP contribution in [0.5, 0.6) is 5.88 Å². The highest BCUT2D eigenvalue weighted by molar-refractivity contribution is 14.0. The molecule has 1 aromatic heterocycles. The molecule has 0 radical (unpaired) electrons. The van der Waals surface area contributed by atoms with E-state index in [1.54, 1.807) is 20.4 Å². The van der Waals surface area contributed by atoms with Crippen LogP contribution < -0.4 is 15.4 Å². The Morgan fingerprint density at radius 3 is 2.96 bits per heavy atom. The third-order valence-electron chi connectivity index (χ3n) is 4.32. The van der Waals surface area contributed by atoms with Gasteiger partial charge in [0, 0.05) is 53.7 Å². The summed E-state index contributed by atoms with van der Waals surface area (Å²) in [5.41, 5.74) is 1.08. The minimum atomic E-state index is -0.709. The summed E-state index contributed by atoms with van der Waals surface area (Å²) in [5.74, 6) is 2.13. The van der Waals surface area contributed by atoms with E-state index in [1.807, 2.05) is 19.1 Å². The molecule has 0 aromatic carbocycles. The molecule has 1 aromatic rings. The van der Waals surface area contributed by atoms with Gasteiger partial charge in [0.2, 0.25) is 5.88 Å². The molecule has 1 saturated carbocycles. The molecule has 142 valence electrons. The zero-order valence-corrected chi connectivity index (χ0v) is 18.3. The van der Waals surface area contributed by atoms with E-state index < -0.39 is 10.8 Å². The van der Waals surface area contributed by atoms with Crippen LogP contribution in [0.15, 0.2) is 23.3 Å². The Bertz CT molecular complexity index is 586. The molecular weight excluding hydrogens is 451 g/mol. The molecule has 8 heteroatoms. The number of hydrogen-bond donors (Lipinski definition) is 2. The Labute approximate surface area is 170 Å². The van der Waals surface area contributed by atoms with Crippen molar-refractivity contribution in [3.05, 3.63) is 23.9 Å². The molecule has 0 bridgehead atoms. The van der Waals surface area contributed by atoms with Crippen LogP contribution in [0.1, 0.15) is 38.2 Å². The lowest BCUT2D eigenvalue weighted by atomic mass is 9.95. The van der Waals surface area contributed by atoms with Gasteiger partial charge in [-0.05, 0) is 30.9 Å². The van der Waals surface area contributed by atoms with Crippen molar-refractivity contribution < 1.29 is 8.95 Å². The molecule has 6 nitrogen and oxygen atoms in total. The number of rotatable bonds is 6. The molecule has 0 aliphatic heterocycles. The Hall–Kier alpha value is -0.900. The monoisotopic (exact) mass is 480 g/mol. The normalized spacial score (nSPS) is 21.8. The highest BCUT2D eigenvalue weighted by Gasteiger charge is 2.25. The lowest BCUT2D eigenvalue weighted by Crippen LogP contribution is -2.46. The van der Waals surface area contributed by atoms with Crippen molar-refractivity contribution in [2.45, 2.75) is 50.4 Å². The van der Waals surface area contributed by atoms with Crippen LogP contribution in [0.2, 0.25) is 0 Å². The van der Waals surface area contributed by atoms with Crippen molar-refractivity contribution in [3.63, 3.8) is 0 Å². The second kappa shape index (κ2) is 11.7. The Balaban J connectivity index is 0.00000312. The minimum absolute atomic E-state index is 0. The highest BCUT2D eigenvalue weighted by atomic mass is 127. The lowest BCUT2D eigenvalue weighted by molar-refractivity contribution is 0.397. The van der Waals surface area contributed by atoms with Gasteiger partial charge in [-0.2, -0.15) is 0 Å². The third kappa shape index (κ3) is 7.08. The average Bonchev–Trinajstić information content (AvgIpc) is 2.64. The van der Waals surface area contributed by atoms with Crippen molar-refractivity contribution in [1.82, 2.24) is 15.6 Å². The molecule has 3 unspecified atom stereocenters. The van der Waals surface area contributed by atoms with E-state index in [-0.39, 0.29) is 24.0 Å². The maximum absolute atomic E-state index is 12.1. The van der Waals surface area contributed by atoms with E-state index in [1.165, 1.54) is 0 Å². The Kier molecular flexibility index (Phi) is 10.3. The molecule has 1 fully saturated rings. The van der Waals surface area contributed by atoms with Crippen LogP contribution in [0.25, 0.3) is 0 Å². The first-order valence-electron chi connectivity index (χ1n) is 8.49. The summed E-state index contributed by atoms with van der Waals surface area (Å²) < 4.78 is 17.2. The molecule has 2 rings (SSSR count). The number of halogens is 1. The van der Waals surface area contributed by atoms with Gasteiger partial charge in [0.25, 0.3) is 0 Å². The molecule has 0 spiro atoms.